The number of nitrogens with zero attached hydrogens (tertiary/aromatic N) is 2. The molecule has 250 valence electrons. The number of benzene rings is 3. The zero-order valence-electron chi connectivity index (χ0n) is 27.3. The summed E-state index contributed by atoms with van der Waals surface area (Å²) in [7, 11) is -3.97. The molecule has 3 heterocycles. The molecule has 1 unspecified atom stereocenters. The van der Waals surface area contributed by atoms with Crippen LogP contribution in [0, 0.1) is 5.92 Å². The fourth-order valence-corrected chi connectivity index (χ4v) is 7.92. The number of aromatic nitrogens is 2. The molecule has 2 amide bonds. The number of carbonyl (C=O) groups excluding carboxylic acids is 2. The minimum atomic E-state index is -3.97. The second-order valence-corrected chi connectivity index (χ2v) is 15.4. The smallest absolute Gasteiger partial charge is 0.407 e. The second-order valence-electron chi connectivity index (χ2n) is 12.5. The van der Waals surface area contributed by atoms with Gasteiger partial charge in [0.25, 0.3) is 10.0 Å². The summed E-state index contributed by atoms with van der Waals surface area (Å²) < 4.78 is 34.3. The van der Waals surface area contributed by atoms with Crippen molar-refractivity contribution < 1.29 is 22.7 Å². The van der Waals surface area contributed by atoms with E-state index in [-0.39, 0.29) is 17.3 Å². The van der Waals surface area contributed by atoms with E-state index in [1.54, 1.807) is 69.6 Å². The Hall–Kier alpha value is -5.26. The van der Waals surface area contributed by atoms with Gasteiger partial charge in [-0.2, -0.15) is 0 Å². The van der Waals surface area contributed by atoms with Gasteiger partial charge < -0.3 is 15.4 Å². The molecule has 0 bridgehead atoms. The summed E-state index contributed by atoms with van der Waals surface area (Å²) in [5.41, 5.74) is 2.88. The van der Waals surface area contributed by atoms with Crippen LogP contribution in [0.3, 0.4) is 0 Å². The lowest BCUT2D eigenvalue weighted by molar-refractivity contribution is -0.119. The summed E-state index contributed by atoms with van der Waals surface area (Å²) in [6.45, 7) is 5.41. The van der Waals surface area contributed by atoms with E-state index in [0.717, 1.165) is 21.6 Å². The largest absolute Gasteiger partial charge is 0.444 e. The third-order valence-corrected chi connectivity index (χ3v) is 10.5. The van der Waals surface area contributed by atoms with E-state index < -0.39 is 27.6 Å². The Labute approximate surface area is 289 Å². The molecule has 2 N–H and O–H groups in total. The van der Waals surface area contributed by atoms with Crippen LogP contribution in [-0.4, -0.2) is 41.5 Å². The Morgan fingerprint density at radius 2 is 1.53 bits per heavy atom. The third kappa shape index (κ3) is 7.74. The summed E-state index contributed by atoms with van der Waals surface area (Å²) in [6, 6.07) is 33.1. The number of alkyl carbamates (subject to hydrolysis) is 1. The van der Waals surface area contributed by atoms with Crippen LogP contribution >= 0.6 is 11.3 Å². The number of hydrogen-bond acceptors (Lipinski definition) is 7. The number of carbonyl (C=O) groups is 2. The number of fused-ring (bicyclic) bond motifs is 1. The summed E-state index contributed by atoms with van der Waals surface area (Å²) in [5, 5.41) is 7.08. The molecule has 3 aromatic carbocycles. The highest BCUT2D eigenvalue weighted by molar-refractivity contribution is 7.90. The predicted octanol–water partition coefficient (Wildman–Crippen LogP) is 7.99. The fourth-order valence-electron chi connectivity index (χ4n) is 5.49. The number of amides is 2. The molecule has 6 aromatic rings. The average Bonchev–Trinajstić information content (AvgIpc) is 3.69. The average molecular weight is 693 g/mol. The number of anilines is 1. The van der Waals surface area contributed by atoms with Crippen LogP contribution in [0.15, 0.2) is 126 Å². The summed E-state index contributed by atoms with van der Waals surface area (Å²) in [4.78, 5) is 31.9. The topological polar surface area (TPSA) is 119 Å². The molecule has 0 aliphatic rings. The van der Waals surface area contributed by atoms with Gasteiger partial charge in [-0.05, 0) is 68.7 Å². The van der Waals surface area contributed by atoms with Crippen molar-refractivity contribution in [3.63, 3.8) is 0 Å². The molecule has 0 saturated carbocycles. The Morgan fingerprint density at radius 1 is 0.878 bits per heavy atom. The molecule has 49 heavy (non-hydrogen) atoms. The van der Waals surface area contributed by atoms with Crippen molar-refractivity contribution in [1.29, 1.82) is 0 Å². The lowest BCUT2D eigenvalue weighted by Gasteiger charge is -2.22. The van der Waals surface area contributed by atoms with Crippen molar-refractivity contribution in [3.8, 4) is 21.6 Å². The number of hydrogen-bond donors (Lipinski definition) is 2. The van der Waals surface area contributed by atoms with Crippen molar-refractivity contribution in [2.45, 2.75) is 37.7 Å². The molecule has 0 aliphatic heterocycles. The zero-order chi connectivity index (χ0) is 34.6. The molecule has 1 atom stereocenters. The van der Waals surface area contributed by atoms with Gasteiger partial charge in [-0.1, -0.05) is 78.9 Å². The SMILES string of the molecule is CC(C)(C)OC(=O)NCC(Cc1ccccc1)C(=O)Nc1cc(-c2cn(S(=O)(=O)c3ccccc3)c3ncccc23)c(-c2ccccc2)s1. The normalized spacial score (nSPS) is 12.4. The molecule has 0 saturated heterocycles. The van der Waals surface area contributed by atoms with Gasteiger partial charge in [-0.15, -0.1) is 11.3 Å². The van der Waals surface area contributed by atoms with Crippen molar-refractivity contribution in [1.82, 2.24) is 14.3 Å². The Kier molecular flexibility index (Phi) is 9.66. The lowest BCUT2D eigenvalue weighted by atomic mass is 9.98. The van der Waals surface area contributed by atoms with E-state index in [2.05, 4.69) is 15.6 Å². The minimum absolute atomic E-state index is 0.0654. The quantitative estimate of drug-likeness (QED) is 0.150. The van der Waals surface area contributed by atoms with Gasteiger partial charge in [0.2, 0.25) is 5.91 Å². The molecule has 0 aliphatic carbocycles. The van der Waals surface area contributed by atoms with Crippen molar-refractivity contribution in [2.24, 2.45) is 5.92 Å². The highest BCUT2D eigenvalue weighted by Crippen LogP contribution is 2.45. The zero-order valence-corrected chi connectivity index (χ0v) is 28.9. The second kappa shape index (κ2) is 14.1. The number of nitrogens with one attached hydrogen (secondary N) is 2. The first-order valence-corrected chi connectivity index (χ1v) is 18.0. The van der Waals surface area contributed by atoms with Gasteiger partial charge in [0.05, 0.1) is 15.8 Å². The number of rotatable bonds is 10. The minimum Gasteiger partial charge on any atom is -0.444 e. The fraction of sp³-hybridized carbons (Fsp3) is 0.184. The van der Waals surface area contributed by atoms with Crippen LogP contribution in [0.4, 0.5) is 9.80 Å². The standard InChI is InChI=1S/C38H36N4O5S2/c1-38(2,3)47-37(44)40-24-28(22-26-14-7-4-8-15-26)36(43)41-33-23-31(34(48-33)27-16-9-5-10-17-27)32-25-42(35-30(32)20-13-21-39-35)49(45,46)29-18-11-6-12-19-29/h4-21,23,25,28H,22,24H2,1-3H3,(H,40,44)(H,41,43). The number of ether oxygens (including phenoxy) is 1. The molecule has 0 spiro atoms. The first-order chi connectivity index (χ1) is 23.5. The molecule has 9 nitrogen and oxygen atoms in total. The van der Waals surface area contributed by atoms with Gasteiger partial charge in [-0.3, -0.25) is 4.79 Å². The molecular weight excluding hydrogens is 657 g/mol. The molecule has 11 heteroatoms. The molecule has 0 radical (unpaired) electrons. The van der Waals surface area contributed by atoms with Crippen LogP contribution in [0.1, 0.15) is 26.3 Å². The van der Waals surface area contributed by atoms with Crippen LogP contribution in [0.5, 0.6) is 0 Å². The van der Waals surface area contributed by atoms with E-state index in [1.165, 1.54) is 15.3 Å². The number of pyridine rings is 1. The maximum atomic E-state index is 13.9. The molecule has 6 rings (SSSR count). The Morgan fingerprint density at radius 3 is 2.20 bits per heavy atom. The summed E-state index contributed by atoms with van der Waals surface area (Å²) in [5.74, 6) is -0.883. The van der Waals surface area contributed by atoms with Gasteiger partial charge in [0.15, 0.2) is 5.65 Å². The van der Waals surface area contributed by atoms with Gasteiger partial charge >= 0.3 is 6.09 Å². The number of thiophene rings is 1. The summed E-state index contributed by atoms with van der Waals surface area (Å²) in [6.07, 6.45) is 2.96. The Bertz CT molecular complexity index is 2190. The van der Waals surface area contributed by atoms with Crippen LogP contribution in [-0.2, 0) is 26.0 Å². The van der Waals surface area contributed by atoms with Gasteiger partial charge in [0, 0.05) is 40.3 Å². The Balaban J connectivity index is 1.38. The van der Waals surface area contributed by atoms with E-state index in [0.29, 0.717) is 28.0 Å². The van der Waals surface area contributed by atoms with E-state index in [9.17, 15) is 18.0 Å². The van der Waals surface area contributed by atoms with Crippen molar-refractivity contribution >= 4 is 49.4 Å². The highest BCUT2D eigenvalue weighted by Gasteiger charge is 2.27. The first-order valence-electron chi connectivity index (χ1n) is 15.8. The van der Waals surface area contributed by atoms with E-state index in [1.807, 2.05) is 72.8 Å². The molecule has 0 fully saturated rings. The predicted molar refractivity (Wildman–Crippen MR) is 194 cm³/mol. The third-order valence-electron chi connectivity index (χ3n) is 7.72. The van der Waals surface area contributed by atoms with Crippen molar-refractivity contribution in [3.05, 3.63) is 127 Å². The highest BCUT2D eigenvalue weighted by atomic mass is 32.2. The molecular formula is C38H36N4O5S2. The van der Waals surface area contributed by atoms with E-state index in [4.69, 9.17) is 4.74 Å². The maximum absolute atomic E-state index is 13.9. The van der Waals surface area contributed by atoms with E-state index >= 15 is 0 Å². The monoisotopic (exact) mass is 692 g/mol. The van der Waals surface area contributed by atoms with Crippen LogP contribution in [0.2, 0.25) is 0 Å². The molecule has 3 aromatic heterocycles. The summed E-state index contributed by atoms with van der Waals surface area (Å²) >= 11 is 1.39. The first kappa shape index (κ1) is 33.6. The van der Waals surface area contributed by atoms with Crippen LogP contribution in [0.25, 0.3) is 32.6 Å². The van der Waals surface area contributed by atoms with Crippen LogP contribution < -0.4 is 10.6 Å². The van der Waals surface area contributed by atoms with Crippen molar-refractivity contribution in [2.75, 3.05) is 11.9 Å². The van der Waals surface area contributed by atoms with Gasteiger partial charge in [-0.25, -0.2) is 22.2 Å². The van der Waals surface area contributed by atoms with Gasteiger partial charge in [0.1, 0.15) is 5.60 Å². The lowest BCUT2D eigenvalue weighted by Crippen LogP contribution is -2.39. The maximum Gasteiger partial charge on any atom is 0.407 e.